The van der Waals surface area contributed by atoms with Gasteiger partial charge in [0.2, 0.25) is 0 Å². The van der Waals surface area contributed by atoms with Gasteiger partial charge in [0.05, 0.1) is 16.4 Å². The Morgan fingerprint density at radius 1 is 0.882 bits per heavy atom. The number of rotatable bonds is 6. The highest BCUT2D eigenvalue weighted by molar-refractivity contribution is 7.93. The van der Waals surface area contributed by atoms with Crippen molar-refractivity contribution in [3.8, 4) is 21.8 Å². The molecule has 1 aromatic carbocycles. The number of hydrogen-bond donors (Lipinski definition) is 2. The van der Waals surface area contributed by atoms with E-state index in [1.54, 1.807) is 0 Å². The van der Waals surface area contributed by atoms with Gasteiger partial charge in [0, 0.05) is 22.7 Å². The third-order valence-electron chi connectivity index (χ3n) is 3.86. The molecular formula is C16H9ClF6N4O4S3. The van der Waals surface area contributed by atoms with Gasteiger partial charge in [-0.2, -0.15) is 43.2 Å². The van der Waals surface area contributed by atoms with Crippen molar-refractivity contribution < 1.29 is 43.2 Å². The standard InChI is InChI=1S/C16H9ClF6N4O4S3/c17-11-6-9(26-33(28,29)15(18,19)20)1-2-10(11)12-7-32-14(25-12)8-3-4-24-13(5-8)27-34(30,31)16(21,22)23/h1-7,26H,(H,24,27). The van der Waals surface area contributed by atoms with Crippen LogP contribution in [0.3, 0.4) is 0 Å². The molecule has 0 saturated carbocycles. The molecular weight excluding hydrogens is 558 g/mol. The number of aromatic nitrogens is 2. The van der Waals surface area contributed by atoms with E-state index in [0.29, 0.717) is 0 Å². The first-order chi connectivity index (χ1) is 15.5. The van der Waals surface area contributed by atoms with Crippen LogP contribution in [0.15, 0.2) is 41.9 Å². The Kier molecular flexibility index (Phi) is 6.77. The van der Waals surface area contributed by atoms with Gasteiger partial charge >= 0.3 is 31.1 Å². The van der Waals surface area contributed by atoms with E-state index in [0.717, 1.165) is 35.7 Å². The quantitative estimate of drug-likeness (QED) is 0.403. The Morgan fingerprint density at radius 2 is 1.50 bits per heavy atom. The van der Waals surface area contributed by atoms with Gasteiger partial charge in [-0.05, 0) is 30.3 Å². The first kappa shape index (κ1) is 26.0. The van der Waals surface area contributed by atoms with E-state index in [1.165, 1.54) is 27.0 Å². The molecule has 2 heterocycles. The summed E-state index contributed by atoms with van der Waals surface area (Å²) >= 11 is 7.06. The highest BCUT2D eigenvalue weighted by atomic mass is 35.5. The van der Waals surface area contributed by atoms with Crippen LogP contribution in [-0.4, -0.2) is 37.8 Å². The summed E-state index contributed by atoms with van der Waals surface area (Å²) in [5.74, 6) is -0.606. The third-order valence-corrected chi connectivity index (χ3v) is 7.26. The largest absolute Gasteiger partial charge is 0.516 e. The molecule has 0 amide bonds. The molecule has 18 heteroatoms. The Balaban J connectivity index is 1.86. The number of halogens is 7. The number of alkyl halides is 6. The monoisotopic (exact) mass is 566 g/mol. The zero-order valence-corrected chi connectivity index (χ0v) is 19.1. The van der Waals surface area contributed by atoms with Crippen LogP contribution >= 0.6 is 22.9 Å². The number of thiazole rings is 1. The summed E-state index contributed by atoms with van der Waals surface area (Å²) in [6.07, 6.45) is 1.05. The molecule has 2 N–H and O–H groups in total. The molecule has 3 aromatic rings. The third kappa shape index (κ3) is 5.53. The van der Waals surface area contributed by atoms with Crippen LogP contribution in [-0.2, 0) is 20.0 Å². The Hall–Kier alpha value is -2.63. The minimum absolute atomic E-state index is 0.146. The summed E-state index contributed by atoms with van der Waals surface area (Å²) in [6.45, 7) is 0. The predicted octanol–water partition coefficient (Wildman–Crippen LogP) is 5.05. The van der Waals surface area contributed by atoms with Crippen LogP contribution in [0.4, 0.5) is 37.8 Å². The van der Waals surface area contributed by atoms with Crippen molar-refractivity contribution in [1.29, 1.82) is 0 Å². The second-order valence-electron chi connectivity index (χ2n) is 6.26. The summed E-state index contributed by atoms with van der Waals surface area (Å²) < 4.78 is 123. The number of sulfonamides is 2. The van der Waals surface area contributed by atoms with E-state index in [-0.39, 0.29) is 26.9 Å². The SMILES string of the molecule is O=S(=O)(Nc1ccc(-c2csc(-c3ccnc(NS(=O)(=O)C(F)(F)F)c3)n2)c(Cl)c1)C(F)(F)F. The first-order valence-corrected chi connectivity index (χ1v) is 12.6. The van der Waals surface area contributed by atoms with E-state index < -0.39 is 42.6 Å². The molecule has 3 rings (SSSR count). The van der Waals surface area contributed by atoms with Gasteiger partial charge in [-0.3, -0.25) is 9.44 Å². The van der Waals surface area contributed by atoms with Gasteiger partial charge in [0.1, 0.15) is 10.8 Å². The fraction of sp³-hybridized carbons (Fsp3) is 0.125. The van der Waals surface area contributed by atoms with Gasteiger partial charge in [0.15, 0.2) is 0 Å². The topological polar surface area (TPSA) is 118 Å². The van der Waals surface area contributed by atoms with Crippen LogP contribution in [0.25, 0.3) is 21.8 Å². The number of hydrogen-bond acceptors (Lipinski definition) is 7. The van der Waals surface area contributed by atoms with Gasteiger partial charge in [-0.25, -0.2) is 9.97 Å². The van der Waals surface area contributed by atoms with Crippen molar-refractivity contribution in [2.45, 2.75) is 11.0 Å². The number of nitrogens with one attached hydrogen (secondary N) is 2. The fourth-order valence-electron chi connectivity index (χ4n) is 2.34. The van der Waals surface area contributed by atoms with E-state index >= 15 is 0 Å². The maximum absolute atomic E-state index is 12.6. The average Bonchev–Trinajstić information content (AvgIpc) is 3.16. The van der Waals surface area contributed by atoms with Crippen LogP contribution in [0.5, 0.6) is 0 Å². The van der Waals surface area contributed by atoms with Crippen molar-refractivity contribution in [3.05, 3.63) is 46.9 Å². The predicted molar refractivity (Wildman–Crippen MR) is 113 cm³/mol. The summed E-state index contributed by atoms with van der Waals surface area (Å²) in [5, 5.41) is 1.55. The summed E-state index contributed by atoms with van der Waals surface area (Å²) in [6, 6.07) is 5.55. The molecule has 0 unspecified atom stereocenters. The number of nitrogens with zero attached hydrogens (tertiary/aromatic N) is 2. The molecule has 2 aromatic heterocycles. The highest BCUT2D eigenvalue weighted by Gasteiger charge is 2.47. The minimum atomic E-state index is -5.69. The molecule has 0 aliphatic carbocycles. The highest BCUT2D eigenvalue weighted by Crippen LogP contribution is 2.35. The molecule has 34 heavy (non-hydrogen) atoms. The van der Waals surface area contributed by atoms with E-state index in [4.69, 9.17) is 11.6 Å². The van der Waals surface area contributed by atoms with Gasteiger partial charge in [0.25, 0.3) is 0 Å². The molecule has 8 nitrogen and oxygen atoms in total. The molecule has 0 spiro atoms. The van der Waals surface area contributed by atoms with Crippen LogP contribution in [0.2, 0.25) is 5.02 Å². The summed E-state index contributed by atoms with van der Waals surface area (Å²) in [5.41, 5.74) is -10.9. The van der Waals surface area contributed by atoms with Crippen molar-refractivity contribution >= 4 is 54.5 Å². The average molecular weight is 567 g/mol. The lowest BCUT2D eigenvalue weighted by molar-refractivity contribution is -0.0435. The number of pyridine rings is 1. The van der Waals surface area contributed by atoms with Gasteiger partial charge in [-0.1, -0.05) is 11.6 Å². The van der Waals surface area contributed by atoms with Gasteiger partial charge < -0.3 is 0 Å². The molecule has 0 radical (unpaired) electrons. The van der Waals surface area contributed by atoms with Crippen LogP contribution < -0.4 is 9.44 Å². The van der Waals surface area contributed by atoms with Crippen molar-refractivity contribution in [3.63, 3.8) is 0 Å². The zero-order chi connectivity index (χ0) is 25.5. The number of benzene rings is 1. The second-order valence-corrected chi connectivity index (χ2v) is 10.9. The Labute approximate surface area is 196 Å². The maximum Gasteiger partial charge on any atom is 0.516 e. The minimum Gasteiger partial charge on any atom is -0.276 e. The molecule has 0 atom stereocenters. The molecule has 0 saturated heterocycles. The molecule has 0 fully saturated rings. The Bertz CT molecular complexity index is 1440. The molecule has 0 aliphatic rings. The van der Waals surface area contributed by atoms with Crippen LogP contribution in [0, 0.1) is 0 Å². The Morgan fingerprint density at radius 3 is 2.09 bits per heavy atom. The first-order valence-electron chi connectivity index (χ1n) is 8.40. The lowest BCUT2D eigenvalue weighted by atomic mass is 10.1. The molecule has 0 bridgehead atoms. The summed E-state index contributed by atoms with van der Waals surface area (Å²) in [4.78, 5) is 7.76. The molecule has 184 valence electrons. The fourth-order valence-corrected chi connectivity index (χ4v) is 4.49. The lowest BCUT2D eigenvalue weighted by Gasteiger charge is -2.11. The lowest BCUT2D eigenvalue weighted by Crippen LogP contribution is -2.30. The number of anilines is 2. The van der Waals surface area contributed by atoms with Crippen molar-refractivity contribution in [2.75, 3.05) is 9.44 Å². The van der Waals surface area contributed by atoms with Crippen molar-refractivity contribution in [1.82, 2.24) is 9.97 Å². The van der Waals surface area contributed by atoms with E-state index in [1.807, 2.05) is 0 Å². The smallest absolute Gasteiger partial charge is 0.276 e. The normalized spacial score (nSPS) is 13.0. The van der Waals surface area contributed by atoms with E-state index in [9.17, 15) is 43.2 Å². The maximum atomic E-state index is 12.6. The van der Waals surface area contributed by atoms with Crippen LogP contribution in [0.1, 0.15) is 0 Å². The summed E-state index contributed by atoms with van der Waals surface area (Å²) in [7, 11) is -11.3. The molecule has 0 aliphatic heterocycles. The second kappa shape index (κ2) is 8.86. The zero-order valence-electron chi connectivity index (χ0n) is 15.9. The van der Waals surface area contributed by atoms with Crippen molar-refractivity contribution in [2.24, 2.45) is 0 Å². The van der Waals surface area contributed by atoms with E-state index in [2.05, 4.69) is 9.97 Å². The van der Waals surface area contributed by atoms with Gasteiger partial charge in [-0.15, -0.1) is 11.3 Å².